The number of carboxylic acids is 1. The van der Waals surface area contributed by atoms with Crippen LogP contribution in [0.25, 0.3) is 11.0 Å². The molecular formula is C16H20N2O3. The number of methoxy groups -OCH3 is 1. The minimum atomic E-state index is -0.927. The topological polar surface area (TPSA) is 64.4 Å². The molecule has 0 radical (unpaired) electrons. The highest BCUT2D eigenvalue weighted by atomic mass is 16.5. The van der Waals surface area contributed by atoms with Crippen molar-refractivity contribution in [2.75, 3.05) is 7.11 Å². The molecule has 0 saturated heterocycles. The number of hydrogen-bond donors (Lipinski definition) is 1. The van der Waals surface area contributed by atoms with Crippen LogP contribution in [-0.4, -0.2) is 33.8 Å². The molecule has 1 aromatic heterocycles. The fourth-order valence-electron chi connectivity index (χ4n) is 3.04. The third-order valence-corrected chi connectivity index (χ3v) is 4.26. The maximum absolute atomic E-state index is 11.4. The van der Waals surface area contributed by atoms with Crippen molar-refractivity contribution in [3.63, 3.8) is 0 Å². The molecule has 5 nitrogen and oxygen atoms in total. The van der Waals surface area contributed by atoms with E-state index in [1.165, 1.54) is 0 Å². The van der Waals surface area contributed by atoms with Crippen molar-refractivity contribution in [2.24, 2.45) is 0 Å². The molecule has 0 amide bonds. The first-order chi connectivity index (χ1) is 10.0. The molecule has 3 rings (SSSR count). The van der Waals surface area contributed by atoms with E-state index in [2.05, 4.69) is 23.4 Å². The van der Waals surface area contributed by atoms with E-state index in [9.17, 15) is 9.90 Å². The lowest BCUT2D eigenvalue weighted by atomic mass is 9.88. The fraction of sp³-hybridized carbons (Fsp3) is 0.500. The number of para-hydroxylation sites is 1. The minimum Gasteiger partial charge on any atom is -0.478 e. The SMILES string of the molecule is COC1CC(n2c(C(C)C)nc3c(C(=O)O)cccc32)C1. The maximum atomic E-state index is 11.4. The zero-order valence-electron chi connectivity index (χ0n) is 12.5. The number of benzene rings is 1. The summed E-state index contributed by atoms with van der Waals surface area (Å²) in [6.45, 7) is 4.18. The van der Waals surface area contributed by atoms with Gasteiger partial charge in [0.25, 0.3) is 0 Å². The van der Waals surface area contributed by atoms with Gasteiger partial charge in [-0.3, -0.25) is 0 Å². The van der Waals surface area contributed by atoms with Crippen LogP contribution in [0.1, 0.15) is 54.8 Å². The summed E-state index contributed by atoms with van der Waals surface area (Å²) in [6, 6.07) is 5.72. The number of ether oxygens (including phenoxy) is 1. The van der Waals surface area contributed by atoms with Gasteiger partial charge >= 0.3 is 5.97 Å². The van der Waals surface area contributed by atoms with Crippen molar-refractivity contribution in [3.05, 3.63) is 29.6 Å². The van der Waals surface area contributed by atoms with Crippen LogP contribution >= 0.6 is 0 Å². The van der Waals surface area contributed by atoms with Crippen molar-refractivity contribution in [1.82, 2.24) is 9.55 Å². The Kier molecular flexibility index (Phi) is 3.45. The van der Waals surface area contributed by atoms with E-state index < -0.39 is 5.97 Å². The Hall–Kier alpha value is -1.88. The summed E-state index contributed by atoms with van der Waals surface area (Å²) in [6.07, 6.45) is 2.22. The number of fused-ring (bicyclic) bond motifs is 1. The van der Waals surface area contributed by atoms with Crippen LogP contribution in [0.5, 0.6) is 0 Å². The number of aromatic nitrogens is 2. The number of nitrogens with zero attached hydrogens (tertiary/aromatic N) is 2. The molecule has 1 aliphatic carbocycles. The molecule has 1 heterocycles. The van der Waals surface area contributed by atoms with Crippen molar-refractivity contribution < 1.29 is 14.6 Å². The molecule has 0 aliphatic heterocycles. The largest absolute Gasteiger partial charge is 0.478 e. The van der Waals surface area contributed by atoms with Crippen LogP contribution in [0, 0.1) is 0 Å². The van der Waals surface area contributed by atoms with Gasteiger partial charge in [-0.15, -0.1) is 0 Å². The van der Waals surface area contributed by atoms with E-state index in [1.807, 2.05) is 6.07 Å². The number of hydrogen-bond acceptors (Lipinski definition) is 3. The highest BCUT2D eigenvalue weighted by molar-refractivity contribution is 6.01. The van der Waals surface area contributed by atoms with Gasteiger partial charge in [0, 0.05) is 19.1 Å². The minimum absolute atomic E-state index is 0.251. The normalized spacial score (nSPS) is 21.7. The highest BCUT2D eigenvalue weighted by Gasteiger charge is 2.34. The maximum Gasteiger partial charge on any atom is 0.337 e. The van der Waals surface area contributed by atoms with Crippen LogP contribution in [0.2, 0.25) is 0 Å². The third kappa shape index (κ3) is 2.21. The van der Waals surface area contributed by atoms with Gasteiger partial charge in [-0.2, -0.15) is 0 Å². The highest BCUT2D eigenvalue weighted by Crippen LogP contribution is 2.39. The smallest absolute Gasteiger partial charge is 0.337 e. The summed E-state index contributed by atoms with van der Waals surface area (Å²) in [5, 5.41) is 9.34. The molecule has 0 bridgehead atoms. The predicted molar refractivity (Wildman–Crippen MR) is 79.8 cm³/mol. The molecule has 0 unspecified atom stereocenters. The van der Waals surface area contributed by atoms with E-state index in [1.54, 1.807) is 19.2 Å². The monoisotopic (exact) mass is 288 g/mol. The Bertz CT molecular complexity index is 684. The van der Waals surface area contributed by atoms with Gasteiger partial charge in [0.1, 0.15) is 11.3 Å². The van der Waals surface area contributed by atoms with Crippen molar-refractivity contribution in [2.45, 2.75) is 44.8 Å². The van der Waals surface area contributed by atoms with E-state index in [4.69, 9.17) is 4.74 Å². The summed E-state index contributed by atoms with van der Waals surface area (Å²) in [7, 11) is 1.73. The summed E-state index contributed by atoms with van der Waals surface area (Å²) in [5.41, 5.74) is 1.78. The average molecular weight is 288 g/mol. The lowest BCUT2D eigenvalue weighted by Crippen LogP contribution is -2.33. The van der Waals surface area contributed by atoms with Gasteiger partial charge in [0.2, 0.25) is 0 Å². The molecule has 1 aromatic carbocycles. The standard InChI is InChI=1S/C16H20N2O3/c1-9(2)15-17-14-12(16(19)20)5-4-6-13(14)18(15)10-7-11(8-10)21-3/h4-6,9-11H,7-8H2,1-3H3,(H,19,20). The van der Waals surface area contributed by atoms with Crippen LogP contribution in [0.15, 0.2) is 18.2 Å². The van der Waals surface area contributed by atoms with Gasteiger partial charge < -0.3 is 14.4 Å². The molecule has 1 fully saturated rings. The number of carbonyl (C=O) groups is 1. The summed E-state index contributed by atoms with van der Waals surface area (Å²) in [4.78, 5) is 16.0. The molecule has 0 atom stereocenters. The number of imidazole rings is 1. The van der Waals surface area contributed by atoms with E-state index >= 15 is 0 Å². The molecule has 1 aliphatic rings. The first kappa shape index (κ1) is 14.1. The Morgan fingerprint density at radius 2 is 2.14 bits per heavy atom. The Labute approximate surface area is 123 Å². The van der Waals surface area contributed by atoms with Crippen molar-refractivity contribution in [3.8, 4) is 0 Å². The van der Waals surface area contributed by atoms with Crippen LogP contribution in [0.4, 0.5) is 0 Å². The molecule has 21 heavy (non-hydrogen) atoms. The van der Waals surface area contributed by atoms with Gasteiger partial charge in [-0.25, -0.2) is 9.78 Å². The summed E-state index contributed by atoms with van der Waals surface area (Å²) < 4.78 is 7.57. The van der Waals surface area contributed by atoms with Crippen molar-refractivity contribution >= 4 is 17.0 Å². The van der Waals surface area contributed by atoms with Gasteiger partial charge in [0.05, 0.1) is 17.2 Å². The first-order valence-electron chi connectivity index (χ1n) is 7.29. The second-order valence-corrected chi connectivity index (χ2v) is 5.96. The van der Waals surface area contributed by atoms with Crippen LogP contribution < -0.4 is 0 Å². The molecule has 1 N–H and O–H groups in total. The number of rotatable bonds is 4. The first-order valence-corrected chi connectivity index (χ1v) is 7.29. The lowest BCUT2D eigenvalue weighted by Gasteiger charge is -2.36. The second-order valence-electron chi connectivity index (χ2n) is 5.96. The molecule has 1 saturated carbocycles. The molecule has 112 valence electrons. The molecule has 5 heteroatoms. The second kappa shape index (κ2) is 5.15. The van der Waals surface area contributed by atoms with Crippen LogP contribution in [-0.2, 0) is 4.74 Å². The van der Waals surface area contributed by atoms with Gasteiger partial charge in [0.15, 0.2) is 0 Å². The number of aromatic carboxylic acids is 1. The quantitative estimate of drug-likeness (QED) is 0.938. The summed E-state index contributed by atoms with van der Waals surface area (Å²) >= 11 is 0. The number of carboxylic acid groups (broad SMARTS) is 1. The van der Waals surface area contributed by atoms with E-state index in [-0.39, 0.29) is 11.5 Å². The van der Waals surface area contributed by atoms with Crippen LogP contribution in [0.3, 0.4) is 0 Å². The zero-order valence-corrected chi connectivity index (χ0v) is 12.5. The molecule has 2 aromatic rings. The van der Waals surface area contributed by atoms with Gasteiger partial charge in [-0.05, 0) is 25.0 Å². The molecular weight excluding hydrogens is 268 g/mol. The van der Waals surface area contributed by atoms with Gasteiger partial charge in [-0.1, -0.05) is 19.9 Å². The lowest BCUT2D eigenvalue weighted by molar-refractivity contribution is 0.00640. The van der Waals surface area contributed by atoms with Crippen molar-refractivity contribution in [1.29, 1.82) is 0 Å². The average Bonchev–Trinajstić information content (AvgIpc) is 2.77. The fourth-order valence-corrected chi connectivity index (χ4v) is 3.04. The predicted octanol–water partition coefficient (Wildman–Crippen LogP) is 3.21. The Balaban J connectivity index is 2.15. The Morgan fingerprint density at radius 3 is 2.71 bits per heavy atom. The molecule has 0 spiro atoms. The summed E-state index contributed by atoms with van der Waals surface area (Å²) in [5.74, 6) is 0.280. The van der Waals surface area contributed by atoms with E-state index in [0.29, 0.717) is 17.7 Å². The third-order valence-electron chi connectivity index (χ3n) is 4.26. The van der Waals surface area contributed by atoms with E-state index in [0.717, 1.165) is 24.2 Å². The zero-order chi connectivity index (χ0) is 15.1. The Morgan fingerprint density at radius 1 is 1.43 bits per heavy atom.